The van der Waals surface area contributed by atoms with Crippen molar-refractivity contribution in [3.05, 3.63) is 70.3 Å². The number of anilines is 1. The molecule has 29 heavy (non-hydrogen) atoms. The van der Waals surface area contributed by atoms with Gasteiger partial charge in [-0.15, -0.1) is 0 Å². The van der Waals surface area contributed by atoms with Gasteiger partial charge in [0.15, 0.2) is 0 Å². The third-order valence-electron chi connectivity index (χ3n) is 5.56. The van der Waals surface area contributed by atoms with E-state index in [1.165, 1.54) is 11.6 Å². The predicted molar refractivity (Wildman–Crippen MR) is 114 cm³/mol. The molecule has 3 rings (SSSR count). The van der Waals surface area contributed by atoms with Crippen LogP contribution in [0.1, 0.15) is 24.4 Å². The van der Waals surface area contributed by atoms with Gasteiger partial charge in [0.05, 0.1) is 11.0 Å². The normalized spacial score (nSPS) is 15.9. The van der Waals surface area contributed by atoms with Gasteiger partial charge in [-0.3, -0.25) is 14.9 Å². The number of benzene rings is 2. The molecule has 7 heteroatoms. The van der Waals surface area contributed by atoms with Gasteiger partial charge in [0.1, 0.15) is 5.69 Å². The number of nitro groups is 1. The standard InChI is InChI=1S/C22H28N4O3/c1-24(2)21(17-8-4-3-5-9-17)16-23-22(27)18-12-14-25(15-13-18)19-10-6-7-11-20(19)26(28)29/h3-11,18,21H,12-16H2,1-2H3,(H,23,27). The molecular weight excluding hydrogens is 368 g/mol. The van der Waals surface area contributed by atoms with Crippen LogP contribution >= 0.6 is 0 Å². The molecule has 7 nitrogen and oxygen atoms in total. The van der Waals surface area contributed by atoms with Crippen molar-refractivity contribution in [2.75, 3.05) is 38.6 Å². The highest BCUT2D eigenvalue weighted by Gasteiger charge is 2.28. The first kappa shape index (κ1) is 20.8. The number of carbonyl (C=O) groups excluding carboxylic acids is 1. The number of rotatable bonds is 7. The molecule has 1 heterocycles. The zero-order valence-corrected chi connectivity index (χ0v) is 17.0. The number of para-hydroxylation sites is 2. The summed E-state index contributed by atoms with van der Waals surface area (Å²) in [6.45, 7) is 1.83. The minimum atomic E-state index is -0.348. The highest BCUT2D eigenvalue weighted by Crippen LogP contribution is 2.31. The average Bonchev–Trinajstić information content (AvgIpc) is 2.74. The molecular formula is C22H28N4O3. The Hall–Kier alpha value is -2.93. The number of piperidine rings is 1. The third kappa shape index (κ3) is 5.12. The fraction of sp³-hybridized carbons (Fsp3) is 0.409. The molecule has 2 aromatic carbocycles. The van der Waals surface area contributed by atoms with Gasteiger partial charge in [-0.25, -0.2) is 0 Å². The summed E-state index contributed by atoms with van der Waals surface area (Å²) in [4.78, 5) is 27.8. The van der Waals surface area contributed by atoms with Crippen LogP contribution in [0.25, 0.3) is 0 Å². The number of hydrogen-bond acceptors (Lipinski definition) is 5. The zero-order valence-electron chi connectivity index (χ0n) is 17.0. The maximum absolute atomic E-state index is 12.7. The highest BCUT2D eigenvalue weighted by atomic mass is 16.6. The number of carbonyl (C=O) groups is 1. The lowest BCUT2D eigenvalue weighted by molar-refractivity contribution is -0.384. The lowest BCUT2D eigenvalue weighted by atomic mass is 9.95. The summed E-state index contributed by atoms with van der Waals surface area (Å²) >= 11 is 0. The van der Waals surface area contributed by atoms with E-state index in [0.717, 1.165) is 0 Å². The molecule has 0 saturated carbocycles. The second-order valence-corrected chi connectivity index (χ2v) is 7.64. The molecule has 2 aromatic rings. The number of nitrogens with zero attached hydrogens (tertiary/aromatic N) is 3. The summed E-state index contributed by atoms with van der Waals surface area (Å²) in [6.07, 6.45) is 1.38. The monoisotopic (exact) mass is 396 g/mol. The largest absolute Gasteiger partial charge is 0.366 e. The van der Waals surface area contributed by atoms with Crippen molar-refractivity contribution in [3.8, 4) is 0 Å². The SMILES string of the molecule is CN(C)C(CNC(=O)C1CCN(c2ccccc2[N+](=O)[O-])CC1)c1ccccc1. The molecule has 1 N–H and O–H groups in total. The van der Waals surface area contributed by atoms with Crippen LogP contribution < -0.4 is 10.2 Å². The molecule has 0 aromatic heterocycles. The third-order valence-corrected chi connectivity index (χ3v) is 5.56. The Balaban J connectivity index is 1.56. The van der Waals surface area contributed by atoms with Crippen LogP contribution in [-0.4, -0.2) is 49.5 Å². The fourth-order valence-corrected chi connectivity index (χ4v) is 3.88. The summed E-state index contributed by atoms with van der Waals surface area (Å²) in [5.41, 5.74) is 1.92. The van der Waals surface area contributed by atoms with E-state index in [-0.39, 0.29) is 28.5 Å². The molecule has 1 atom stereocenters. The number of nitrogens with one attached hydrogen (secondary N) is 1. The topological polar surface area (TPSA) is 78.7 Å². The van der Waals surface area contributed by atoms with E-state index in [1.54, 1.807) is 12.1 Å². The van der Waals surface area contributed by atoms with Crippen molar-refractivity contribution in [1.29, 1.82) is 0 Å². The Bertz CT molecular complexity index is 833. The molecule has 1 aliphatic heterocycles. The van der Waals surface area contributed by atoms with E-state index in [2.05, 4.69) is 22.3 Å². The molecule has 0 aliphatic carbocycles. The summed E-state index contributed by atoms with van der Waals surface area (Å²) < 4.78 is 0. The first-order valence-electron chi connectivity index (χ1n) is 9.95. The smallest absolute Gasteiger partial charge is 0.292 e. The van der Waals surface area contributed by atoms with Crippen LogP contribution in [0.15, 0.2) is 54.6 Å². The van der Waals surface area contributed by atoms with Crippen LogP contribution in [0.2, 0.25) is 0 Å². The fourth-order valence-electron chi connectivity index (χ4n) is 3.88. The molecule has 0 bridgehead atoms. The van der Waals surface area contributed by atoms with E-state index in [4.69, 9.17) is 0 Å². The lowest BCUT2D eigenvalue weighted by Crippen LogP contribution is -2.42. The van der Waals surface area contributed by atoms with E-state index >= 15 is 0 Å². The van der Waals surface area contributed by atoms with E-state index in [9.17, 15) is 14.9 Å². The van der Waals surface area contributed by atoms with Crippen molar-refractivity contribution in [3.63, 3.8) is 0 Å². The van der Waals surface area contributed by atoms with Gasteiger partial charge in [-0.05, 0) is 38.6 Å². The van der Waals surface area contributed by atoms with Gasteiger partial charge < -0.3 is 15.1 Å². The summed E-state index contributed by atoms with van der Waals surface area (Å²) in [5.74, 6) is 0.00240. The van der Waals surface area contributed by atoms with Crippen molar-refractivity contribution < 1.29 is 9.72 Å². The van der Waals surface area contributed by atoms with Crippen molar-refractivity contribution in [2.45, 2.75) is 18.9 Å². The Kier molecular flexibility index (Phi) is 6.82. The lowest BCUT2D eigenvalue weighted by Gasteiger charge is -2.33. The molecule has 0 radical (unpaired) electrons. The van der Waals surface area contributed by atoms with Gasteiger partial charge in [0, 0.05) is 31.6 Å². The van der Waals surface area contributed by atoms with Crippen LogP contribution in [0.5, 0.6) is 0 Å². The molecule has 1 amide bonds. The van der Waals surface area contributed by atoms with Crippen LogP contribution in [0.3, 0.4) is 0 Å². The van der Waals surface area contributed by atoms with E-state index < -0.39 is 0 Å². The molecule has 1 aliphatic rings. The molecule has 0 spiro atoms. The van der Waals surface area contributed by atoms with Gasteiger partial charge in [-0.2, -0.15) is 0 Å². The number of likely N-dealkylation sites (N-methyl/N-ethyl adjacent to an activating group) is 1. The van der Waals surface area contributed by atoms with Gasteiger partial charge in [0.25, 0.3) is 5.69 Å². The summed E-state index contributed by atoms with van der Waals surface area (Å²) in [7, 11) is 4.02. The zero-order chi connectivity index (χ0) is 20.8. The number of hydrogen-bond donors (Lipinski definition) is 1. The first-order chi connectivity index (χ1) is 14.0. The summed E-state index contributed by atoms with van der Waals surface area (Å²) in [5, 5.41) is 14.4. The highest BCUT2D eigenvalue weighted by molar-refractivity contribution is 5.79. The van der Waals surface area contributed by atoms with Gasteiger partial charge >= 0.3 is 0 Å². The maximum atomic E-state index is 12.7. The maximum Gasteiger partial charge on any atom is 0.292 e. The van der Waals surface area contributed by atoms with Crippen molar-refractivity contribution >= 4 is 17.3 Å². The van der Waals surface area contributed by atoms with Crippen LogP contribution in [-0.2, 0) is 4.79 Å². The second kappa shape index (κ2) is 9.52. The quantitative estimate of drug-likeness (QED) is 0.574. The van der Waals surface area contributed by atoms with E-state index in [1.807, 2.05) is 43.3 Å². The average molecular weight is 396 g/mol. The van der Waals surface area contributed by atoms with Gasteiger partial charge in [0.2, 0.25) is 5.91 Å². The van der Waals surface area contributed by atoms with Crippen molar-refractivity contribution in [1.82, 2.24) is 10.2 Å². The molecule has 1 fully saturated rings. The summed E-state index contributed by atoms with van der Waals surface area (Å²) in [6, 6.07) is 17.1. The number of nitro benzene ring substituents is 1. The van der Waals surface area contributed by atoms with Crippen LogP contribution in [0, 0.1) is 16.0 Å². The van der Waals surface area contributed by atoms with Crippen molar-refractivity contribution in [2.24, 2.45) is 5.92 Å². The van der Waals surface area contributed by atoms with Crippen LogP contribution in [0.4, 0.5) is 11.4 Å². The predicted octanol–water partition coefficient (Wildman–Crippen LogP) is 3.23. The second-order valence-electron chi connectivity index (χ2n) is 7.64. The molecule has 154 valence electrons. The Morgan fingerprint density at radius 3 is 2.38 bits per heavy atom. The number of amides is 1. The van der Waals surface area contributed by atoms with E-state index in [0.29, 0.717) is 38.2 Å². The first-order valence-corrected chi connectivity index (χ1v) is 9.95. The Morgan fingerprint density at radius 2 is 1.76 bits per heavy atom. The Labute approximate surface area is 171 Å². The molecule has 1 unspecified atom stereocenters. The van der Waals surface area contributed by atoms with Gasteiger partial charge in [-0.1, -0.05) is 42.5 Å². The Morgan fingerprint density at radius 1 is 1.14 bits per heavy atom. The molecule has 1 saturated heterocycles. The minimum Gasteiger partial charge on any atom is -0.366 e. The minimum absolute atomic E-state index is 0.0624.